The van der Waals surface area contributed by atoms with Crippen LogP contribution in [0, 0.1) is 0 Å². The van der Waals surface area contributed by atoms with Crippen molar-refractivity contribution in [3.63, 3.8) is 0 Å². The lowest BCUT2D eigenvalue weighted by Crippen LogP contribution is -2.35. The van der Waals surface area contributed by atoms with Crippen LogP contribution in [0.3, 0.4) is 0 Å². The molecule has 6 heteroatoms. The molecule has 31 heavy (non-hydrogen) atoms. The second-order valence-electron chi connectivity index (χ2n) is 7.93. The van der Waals surface area contributed by atoms with Crippen molar-refractivity contribution >= 4 is 11.7 Å². The number of ether oxygens (including phenoxy) is 1. The first kappa shape index (κ1) is 21.0. The average Bonchev–Trinajstić information content (AvgIpc) is 3.17. The highest BCUT2D eigenvalue weighted by molar-refractivity contribution is 5.76. The Labute approximate surface area is 183 Å². The summed E-state index contributed by atoms with van der Waals surface area (Å²) < 4.78 is 5.23. The highest BCUT2D eigenvalue weighted by Gasteiger charge is 2.20. The molecule has 1 aromatic heterocycles. The number of aromatic nitrogens is 2. The fraction of sp³-hybridized carbons (Fsp3) is 0.360. The lowest BCUT2D eigenvalue weighted by atomic mass is 10.1. The van der Waals surface area contributed by atoms with E-state index in [0.29, 0.717) is 6.42 Å². The number of H-pyrrole nitrogens is 1. The molecule has 1 saturated heterocycles. The maximum atomic E-state index is 12.7. The van der Waals surface area contributed by atoms with Crippen LogP contribution in [-0.2, 0) is 11.2 Å². The van der Waals surface area contributed by atoms with Crippen molar-refractivity contribution in [1.29, 1.82) is 0 Å². The van der Waals surface area contributed by atoms with Crippen molar-refractivity contribution in [2.24, 2.45) is 0 Å². The van der Waals surface area contributed by atoms with E-state index in [1.807, 2.05) is 35.2 Å². The lowest BCUT2D eigenvalue weighted by molar-refractivity contribution is -0.131. The Morgan fingerprint density at radius 3 is 2.61 bits per heavy atom. The molecule has 0 aliphatic carbocycles. The van der Waals surface area contributed by atoms with Crippen LogP contribution in [0.5, 0.6) is 5.75 Å². The van der Waals surface area contributed by atoms with Crippen LogP contribution in [0.1, 0.15) is 24.8 Å². The molecule has 162 valence electrons. The van der Waals surface area contributed by atoms with Gasteiger partial charge in [0.1, 0.15) is 5.75 Å². The topological polar surface area (TPSA) is 61.5 Å². The van der Waals surface area contributed by atoms with Crippen molar-refractivity contribution in [3.8, 4) is 17.0 Å². The minimum absolute atomic E-state index is 0.263. The van der Waals surface area contributed by atoms with E-state index in [-0.39, 0.29) is 5.91 Å². The van der Waals surface area contributed by atoms with Gasteiger partial charge in [-0.2, -0.15) is 5.10 Å². The monoisotopic (exact) mass is 418 g/mol. The second kappa shape index (κ2) is 10.2. The summed E-state index contributed by atoms with van der Waals surface area (Å²) in [6.07, 6.45) is 3.41. The zero-order chi connectivity index (χ0) is 21.5. The molecular formula is C25H30N4O2. The number of nitrogens with zero attached hydrogens (tertiary/aromatic N) is 3. The van der Waals surface area contributed by atoms with E-state index in [0.717, 1.165) is 68.3 Å². The van der Waals surface area contributed by atoms with E-state index >= 15 is 0 Å². The van der Waals surface area contributed by atoms with E-state index in [9.17, 15) is 4.79 Å². The minimum atomic E-state index is 0.263. The van der Waals surface area contributed by atoms with E-state index in [4.69, 9.17) is 4.74 Å². The van der Waals surface area contributed by atoms with Gasteiger partial charge >= 0.3 is 0 Å². The van der Waals surface area contributed by atoms with Gasteiger partial charge in [0.15, 0.2) is 5.82 Å². The Morgan fingerprint density at radius 2 is 1.84 bits per heavy atom. The van der Waals surface area contributed by atoms with E-state index in [1.54, 1.807) is 7.11 Å². The zero-order valence-corrected chi connectivity index (χ0v) is 18.1. The molecule has 0 saturated carbocycles. The molecule has 0 atom stereocenters. The standard InChI is InChI=1S/C25H30N4O2/c1-31-22-13-11-21(12-14-22)23-19-24(27-26-23)28-15-6-16-29(18-17-28)25(30)10-5-9-20-7-3-2-4-8-20/h2-4,7-8,11-14,19H,5-6,9-10,15-18H2,1H3,(H,26,27). The van der Waals surface area contributed by atoms with Crippen molar-refractivity contribution in [1.82, 2.24) is 15.1 Å². The first-order valence-electron chi connectivity index (χ1n) is 11.0. The van der Waals surface area contributed by atoms with Crippen LogP contribution < -0.4 is 9.64 Å². The molecule has 0 unspecified atom stereocenters. The molecule has 0 spiro atoms. The number of hydrogen-bond donors (Lipinski definition) is 1. The summed E-state index contributed by atoms with van der Waals surface area (Å²) in [6.45, 7) is 3.27. The molecule has 0 radical (unpaired) electrons. The Bertz CT molecular complexity index is 969. The zero-order valence-electron chi connectivity index (χ0n) is 18.1. The number of aromatic amines is 1. The molecule has 1 aliphatic rings. The third-order valence-corrected chi connectivity index (χ3v) is 5.84. The summed E-state index contributed by atoms with van der Waals surface area (Å²) in [4.78, 5) is 17.0. The third-order valence-electron chi connectivity index (χ3n) is 5.84. The van der Waals surface area contributed by atoms with E-state index in [1.165, 1.54) is 5.56 Å². The lowest BCUT2D eigenvalue weighted by Gasteiger charge is -2.22. The van der Waals surface area contributed by atoms with E-state index in [2.05, 4.69) is 45.4 Å². The molecule has 4 rings (SSSR count). The molecule has 1 N–H and O–H groups in total. The number of carbonyl (C=O) groups excluding carboxylic acids is 1. The quantitative estimate of drug-likeness (QED) is 0.626. The maximum Gasteiger partial charge on any atom is 0.222 e. The fourth-order valence-electron chi connectivity index (χ4n) is 4.03. The summed E-state index contributed by atoms with van der Waals surface area (Å²) in [5.74, 6) is 2.03. The van der Waals surface area contributed by atoms with Gasteiger partial charge in [0.2, 0.25) is 5.91 Å². The van der Waals surface area contributed by atoms with Gasteiger partial charge in [-0.25, -0.2) is 0 Å². The van der Waals surface area contributed by atoms with Crippen LogP contribution in [0.2, 0.25) is 0 Å². The SMILES string of the molecule is COc1ccc(-c2cc(N3CCCN(C(=O)CCCc4ccccc4)CC3)n[nH]2)cc1. The minimum Gasteiger partial charge on any atom is -0.497 e. The number of nitrogens with one attached hydrogen (secondary N) is 1. The number of anilines is 1. The first-order valence-corrected chi connectivity index (χ1v) is 11.0. The Morgan fingerprint density at radius 1 is 1.03 bits per heavy atom. The van der Waals surface area contributed by atoms with Crippen molar-refractivity contribution in [2.45, 2.75) is 25.7 Å². The van der Waals surface area contributed by atoms with Crippen LogP contribution in [-0.4, -0.2) is 54.3 Å². The summed E-state index contributed by atoms with van der Waals surface area (Å²) >= 11 is 0. The van der Waals surface area contributed by atoms with Gasteiger partial charge in [0.25, 0.3) is 0 Å². The van der Waals surface area contributed by atoms with Crippen molar-refractivity contribution in [3.05, 3.63) is 66.2 Å². The maximum absolute atomic E-state index is 12.7. The van der Waals surface area contributed by atoms with Crippen LogP contribution in [0.4, 0.5) is 5.82 Å². The predicted octanol–water partition coefficient (Wildman–Crippen LogP) is 4.15. The number of rotatable bonds is 7. The average molecular weight is 419 g/mol. The first-order chi connectivity index (χ1) is 15.2. The van der Waals surface area contributed by atoms with Gasteiger partial charge in [0.05, 0.1) is 12.8 Å². The number of benzene rings is 2. The van der Waals surface area contributed by atoms with Crippen LogP contribution in [0.15, 0.2) is 60.7 Å². The largest absolute Gasteiger partial charge is 0.497 e. The number of methoxy groups -OCH3 is 1. The summed E-state index contributed by atoms with van der Waals surface area (Å²) in [6, 6.07) is 20.4. The third kappa shape index (κ3) is 5.45. The molecule has 2 aromatic carbocycles. The van der Waals surface area contributed by atoms with Gasteiger partial charge in [-0.1, -0.05) is 30.3 Å². The Kier molecular flexibility index (Phi) is 6.87. The molecular weight excluding hydrogens is 388 g/mol. The highest BCUT2D eigenvalue weighted by Crippen LogP contribution is 2.24. The molecule has 3 aromatic rings. The second-order valence-corrected chi connectivity index (χ2v) is 7.93. The molecule has 1 aliphatic heterocycles. The van der Waals surface area contributed by atoms with Gasteiger partial charge in [-0.15, -0.1) is 0 Å². The fourth-order valence-corrected chi connectivity index (χ4v) is 4.03. The predicted molar refractivity (Wildman–Crippen MR) is 123 cm³/mol. The Hall–Kier alpha value is -3.28. The molecule has 1 fully saturated rings. The van der Waals surface area contributed by atoms with Gasteiger partial charge in [0, 0.05) is 38.7 Å². The number of amides is 1. The van der Waals surface area contributed by atoms with Crippen LogP contribution >= 0.6 is 0 Å². The smallest absolute Gasteiger partial charge is 0.222 e. The van der Waals surface area contributed by atoms with E-state index < -0.39 is 0 Å². The number of carbonyl (C=O) groups is 1. The molecule has 6 nitrogen and oxygen atoms in total. The van der Waals surface area contributed by atoms with Crippen molar-refractivity contribution in [2.75, 3.05) is 38.2 Å². The summed E-state index contributed by atoms with van der Waals surface area (Å²) in [7, 11) is 1.67. The summed E-state index contributed by atoms with van der Waals surface area (Å²) in [5, 5.41) is 7.66. The van der Waals surface area contributed by atoms with Crippen molar-refractivity contribution < 1.29 is 9.53 Å². The van der Waals surface area contributed by atoms with Gasteiger partial charge < -0.3 is 14.5 Å². The highest BCUT2D eigenvalue weighted by atomic mass is 16.5. The Balaban J connectivity index is 1.29. The summed E-state index contributed by atoms with van der Waals surface area (Å²) in [5.41, 5.74) is 3.35. The number of aryl methyl sites for hydroxylation is 1. The number of hydrogen-bond acceptors (Lipinski definition) is 4. The van der Waals surface area contributed by atoms with Gasteiger partial charge in [-0.3, -0.25) is 9.89 Å². The molecule has 1 amide bonds. The molecule has 0 bridgehead atoms. The van der Waals surface area contributed by atoms with Gasteiger partial charge in [-0.05, 0) is 54.7 Å². The normalized spacial score (nSPS) is 14.4. The molecule has 2 heterocycles. The van der Waals surface area contributed by atoms with Crippen LogP contribution in [0.25, 0.3) is 11.3 Å².